The standard InChI is InChI=1S/C14H26N2O3/c1-18-9-11-4-3-7-16(8-11)10-14(15,12-5-6-12)13(17)19-2/h11-12H,3-10,15H2,1-2H3. The Morgan fingerprint density at radius 1 is 1.37 bits per heavy atom. The van der Waals surface area contributed by atoms with E-state index in [0.29, 0.717) is 18.4 Å². The smallest absolute Gasteiger partial charge is 0.327 e. The Hall–Kier alpha value is -0.650. The van der Waals surface area contributed by atoms with Gasteiger partial charge in [-0.3, -0.25) is 4.79 Å². The van der Waals surface area contributed by atoms with Gasteiger partial charge in [0.05, 0.1) is 13.7 Å². The van der Waals surface area contributed by atoms with E-state index in [9.17, 15) is 4.79 Å². The summed E-state index contributed by atoms with van der Waals surface area (Å²) in [5, 5.41) is 0. The summed E-state index contributed by atoms with van der Waals surface area (Å²) in [6, 6.07) is 0. The molecule has 2 aliphatic rings. The molecule has 0 bridgehead atoms. The van der Waals surface area contributed by atoms with Gasteiger partial charge in [-0.1, -0.05) is 0 Å². The van der Waals surface area contributed by atoms with Gasteiger partial charge in [0.15, 0.2) is 0 Å². The molecule has 0 amide bonds. The van der Waals surface area contributed by atoms with Crippen LogP contribution < -0.4 is 5.73 Å². The second kappa shape index (κ2) is 6.20. The fraction of sp³-hybridized carbons (Fsp3) is 0.929. The first-order valence-corrected chi connectivity index (χ1v) is 7.18. The third-order valence-corrected chi connectivity index (χ3v) is 4.36. The zero-order valence-electron chi connectivity index (χ0n) is 12.1. The number of hydrogen-bond donors (Lipinski definition) is 1. The summed E-state index contributed by atoms with van der Waals surface area (Å²) in [6.45, 7) is 3.39. The van der Waals surface area contributed by atoms with Crippen LogP contribution in [-0.4, -0.2) is 56.9 Å². The van der Waals surface area contributed by atoms with E-state index < -0.39 is 5.54 Å². The Kier molecular flexibility index (Phi) is 4.81. The maximum atomic E-state index is 12.0. The predicted molar refractivity (Wildman–Crippen MR) is 72.7 cm³/mol. The summed E-state index contributed by atoms with van der Waals surface area (Å²) in [4.78, 5) is 14.3. The topological polar surface area (TPSA) is 64.8 Å². The lowest BCUT2D eigenvalue weighted by molar-refractivity contribution is -0.149. The van der Waals surface area contributed by atoms with E-state index in [0.717, 1.165) is 39.0 Å². The first-order chi connectivity index (χ1) is 9.10. The predicted octanol–water partition coefficient (Wildman–Crippen LogP) is 0.625. The maximum Gasteiger partial charge on any atom is 0.327 e. The number of nitrogens with two attached hydrogens (primary N) is 1. The van der Waals surface area contributed by atoms with Crippen molar-refractivity contribution in [1.29, 1.82) is 0 Å². The third kappa shape index (κ3) is 3.46. The van der Waals surface area contributed by atoms with E-state index in [-0.39, 0.29) is 5.97 Å². The molecule has 2 atom stereocenters. The van der Waals surface area contributed by atoms with Crippen molar-refractivity contribution in [3.05, 3.63) is 0 Å². The normalized spacial score (nSPS) is 27.8. The molecule has 2 fully saturated rings. The van der Waals surface area contributed by atoms with Gasteiger partial charge in [0, 0.05) is 20.2 Å². The molecule has 0 spiro atoms. The van der Waals surface area contributed by atoms with Gasteiger partial charge in [-0.15, -0.1) is 0 Å². The van der Waals surface area contributed by atoms with Gasteiger partial charge in [0.1, 0.15) is 5.54 Å². The van der Waals surface area contributed by atoms with Crippen molar-refractivity contribution in [2.75, 3.05) is 40.5 Å². The number of hydrogen-bond acceptors (Lipinski definition) is 5. The molecule has 19 heavy (non-hydrogen) atoms. The molecule has 1 aliphatic heterocycles. The Balaban J connectivity index is 1.95. The van der Waals surface area contributed by atoms with Crippen molar-refractivity contribution in [2.45, 2.75) is 31.2 Å². The molecule has 1 aliphatic carbocycles. The quantitative estimate of drug-likeness (QED) is 0.717. The second-order valence-corrected chi connectivity index (χ2v) is 6.00. The first kappa shape index (κ1) is 14.8. The fourth-order valence-corrected chi connectivity index (χ4v) is 3.19. The highest BCUT2D eigenvalue weighted by atomic mass is 16.5. The van der Waals surface area contributed by atoms with Crippen LogP contribution in [0, 0.1) is 11.8 Å². The van der Waals surface area contributed by atoms with Crippen LogP contribution in [0.25, 0.3) is 0 Å². The van der Waals surface area contributed by atoms with E-state index in [1.807, 2.05) is 0 Å². The van der Waals surface area contributed by atoms with Crippen LogP contribution in [0.3, 0.4) is 0 Å². The minimum Gasteiger partial charge on any atom is -0.468 e. The van der Waals surface area contributed by atoms with Gasteiger partial charge in [-0.25, -0.2) is 0 Å². The number of ether oxygens (including phenoxy) is 2. The van der Waals surface area contributed by atoms with Crippen LogP contribution in [0.5, 0.6) is 0 Å². The molecule has 1 saturated heterocycles. The average Bonchev–Trinajstić information content (AvgIpc) is 3.23. The lowest BCUT2D eigenvalue weighted by Gasteiger charge is -2.38. The summed E-state index contributed by atoms with van der Waals surface area (Å²) in [7, 11) is 3.17. The molecule has 2 unspecified atom stereocenters. The number of likely N-dealkylation sites (tertiary alicyclic amines) is 1. The highest BCUT2D eigenvalue weighted by Gasteiger charge is 2.50. The molecular formula is C14H26N2O3. The van der Waals surface area contributed by atoms with Gasteiger partial charge in [-0.2, -0.15) is 0 Å². The van der Waals surface area contributed by atoms with Crippen molar-refractivity contribution in [3.63, 3.8) is 0 Å². The van der Waals surface area contributed by atoms with Crippen molar-refractivity contribution in [1.82, 2.24) is 4.90 Å². The molecule has 0 aromatic carbocycles. The van der Waals surface area contributed by atoms with Crippen LogP contribution >= 0.6 is 0 Å². The van der Waals surface area contributed by atoms with E-state index in [1.165, 1.54) is 13.5 Å². The summed E-state index contributed by atoms with van der Waals surface area (Å²) in [5.41, 5.74) is 5.54. The van der Waals surface area contributed by atoms with Crippen molar-refractivity contribution in [2.24, 2.45) is 17.6 Å². The Labute approximate surface area is 115 Å². The minimum atomic E-state index is -0.816. The van der Waals surface area contributed by atoms with Gasteiger partial charge in [0.2, 0.25) is 0 Å². The highest BCUT2D eigenvalue weighted by molar-refractivity contribution is 5.81. The molecule has 1 heterocycles. The van der Waals surface area contributed by atoms with Gasteiger partial charge >= 0.3 is 5.97 Å². The molecule has 5 heteroatoms. The van der Waals surface area contributed by atoms with Crippen LogP contribution in [0.4, 0.5) is 0 Å². The lowest BCUT2D eigenvalue weighted by atomic mass is 9.91. The van der Waals surface area contributed by atoms with Crippen molar-refractivity contribution in [3.8, 4) is 0 Å². The molecular weight excluding hydrogens is 244 g/mol. The number of carbonyl (C=O) groups is 1. The number of piperidine rings is 1. The zero-order chi connectivity index (χ0) is 13.9. The minimum absolute atomic E-state index is 0.260. The van der Waals surface area contributed by atoms with Crippen LogP contribution in [0.15, 0.2) is 0 Å². The first-order valence-electron chi connectivity index (χ1n) is 7.18. The monoisotopic (exact) mass is 270 g/mol. The fourth-order valence-electron chi connectivity index (χ4n) is 3.19. The van der Waals surface area contributed by atoms with E-state index in [4.69, 9.17) is 15.2 Å². The second-order valence-electron chi connectivity index (χ2n) is 6.00. The number of carbonyl (C=O) groups excluding carboxylic acids is 1. The van der Waals surface area contributed by atoms with Gasteiger partial charge in [-0.05, 0) is 44.1 Å². The summed E-state index contributed by atoms with van der Waals surface area (Å²) in [5.74, 6) is 0.589. The third-order valence-electron chi connectivity index (χ3n) is 4.36. The molecule has 0 aromatic heterocycles. The molecule has 0 radical (unpaired) electrons. The molecule has 5 nitrogen and oxygen atoms in total. The van der Waals surface area contributed by atoms with Crippen LogP contribution in [0.1, 0.15) is 25.7 Å². The summed E-state index contributed by atoms with van der Waals surface area (Å²) >= 11 is 0. The van der Waals surface area contributed by atoms with Crippen molar-refractivity contribution >= 4 is 5.97 Å². The summed E-state index contributed by atoms with van der Waals surface area (Å²) < 4.78 is 10.2. The van der Waals surface area contributed by atoms with E-state index in [1.54, 1.807) is 7.11 Å². The number of methoxy groups -OCH3 is 2. The molecule has 1 saturated carbocycles. The SMILES string of the molecule is COCC1CCCN(CC(N)(C(=O)OC)C2CC2)C1. The van der Waals surface area contributed by atoms with Gasteiger partial charge < -0.3 is 20.1 Å². The maximum absolute atomic E-state index is 12.0. The number of rotatable bonds is 6. The Morgan fingerprint density at radius 3 is 2.68 bits per heavy atom. The van der Waals surface area contributed by atoms with Gasteiger partial charge in [0.25, 0.3) is 0 Å². The lowest BCUT2D eigenvalue weighted by Crippen LogP contribution is -2.59. The largest absolute Gasteiger partial charge is 0.468 e. The molecule has 0 aromatic rings. The van der Waals surface area contributed by atoms with Crippen LogP contribution in [0.2, 0.25) is 0 Å². The molecule has 110 valence electrons. The Morgan fingerprint density at radius 2 is 2.11 bits per heavy atom. The molecule has 2 N–H and O–H groups in total. The van der Waals surface area contributed by atoms with E-state index in [2.05, 4.69) is 4.90 Å². The number of nitrogens with zero attached hydrogens (tertiary/aromatic N) is 1. The van der Waals surface area contributed by atoms with Crippen molar-refractivity contribution < 1.29 is 14.3 Å². The summed E-state index contributed by atoms with van der Waals surface area (Å²) in [6.07, 6.45) is 4.43. The molecule has 2 rings (SSSR count). The average molecular weight is 270 g/mol. The van der Waals surface area contributed by atoms with E-state index >= 15 is 0 Å². The number of esters is 1. The zero-order valence-corrected chi connectivity index (χ0v) is 12.1. The highest BCUT2D eigenvalue weighted by Crippen LogP contribution is 2.39. The van der Waals surface area contributed by atoms with Crippen LogP contribution in [-0.2, 0) is 14.3 Å². The Bertz CT molecular complexity index is 318.